The van der Waals surface area contributed by atoms with Gasteiger partial charge >= 0.3 is 0 Å². The molecule has 3 rings (SSSR count). The molecule has 0 radical (unpaired) electrons. The third-order valence-corrected chi connectivity index (χ3v) is 3.68. The molecule has 1 heterocycles. The predicted molar refractivity (Wildman–Crippen MR) is 94.5 cm³/mol. The van der Waals surface area contributed by atoms with Crippen molar-refractivity contribution in [2.75, 3.05) is 18.2 Å². The van der Waals surface area contributed by atoms with E-state index in [0.29, 0.717) is 27.9 Å². The molecule has 24 heavy (non-hydrogen) atoms. The highest BCUT2D eigenvalue weighted by Crippen LogP contribution is 2.28. The Bertz CT molecular complexity index is 872. The number of methoxy groups -OCH3 is 1. The van der Waals surface area contributed by atoms with E-state index in [2.05, 4.69) is 5.32 Å². The van der Waals surface area contributed by atoms with E-state index in [1.54, 1.807) is 42.5 Å². The predicted octanol–water partition coefficient (Wildman–Crippen LogP) is 4.44. The van der Waals surface area contributed by atoms with Gasteiger partial charge in [0.15, 0.2) is 5.76 Å². The van der Waals surface area contributed by atoms with Crippen LogP contribution in [0.4, 0.5) is 11.4 Å². The lowest BCUT2D eigenvalue weighted by Gasteiger charge is -2.09. The highest BCUT2D eigenvalue weighted by molar-refractivity contribution is 6.30. The van der Waals surface area contributed by atoms with Crippen molar-refractivity contribution in [2.24, 2.45) is 0 Å². The normalized spacial score (nSPS) is 10.4. The van der Waals surface area contributed by atoms with Crippen LogP contribution >= 0.6 is 11.6 Å². The van der Waals surface area contributed by atoms with E-state index in [1.165, 1.54) is 7.11 Å². The number of carbonyl (C=O) groups is 1. The van der Waals surface area contributed by atoms with Crippen LogP contribution in [0.3, 0.4) is 0 Å². The summed E-state index contributed by atoms with van der Waals surface area (Å²) in [4.78, 5) is 12.4. The lowest BCUT2D eigenvalue weighted by Crippen LogP contribution is -2.11. The summed E-state index contributed by atoms with van der Waals surface area (Å²) in [7, 11) is 1.51. The van der Waals surface area contributed by atoms with E-state index in [1.807, 2.05) is 12.1 Å². The van der Waals surface area contributed by atoms with E-state index in [-0.39, 0.29) is 11.7 Å². The van der Waals surface area contributed by atoms with Crippen molar-refractivity contribution in [1.29, 1.82) is 0 Å². The summed E-state index contributed by atoms with van der Waals surface area (Å²) < 4.78 is 10.8. The number of nitrogens with two attached hydrogens (primary N) is 1. The number of nitrogen functional groups attached to an aromatic ring is 1. The Balaban J connectivity index is 1.80. The molecule has 0 atom stereocenters. The largest absolute Gasteiger partial charge is 0.494 e. The number of amides is 1. The number of furan rings is 1. The molecule has 0 fully saturated rings. The van der Waals surface area contributed by atoms with Gasteiger partial charge in [-0.15, -0.1) is 0 Å². The van der Waals surface area contributed by atoms with Crippen molar-refractivity contribution in [3.05, 3.63) is 65.4 Å². The molecule has 1 aromatic heterocycles. The molecule has 0 aliphatic rings. The second-order valence-electron chi connectivity index (χ2n) is 5.08. The second kappa shape index (κ2) is 6.68. The third-order valence-electron chi connectivity index (χ3n) is 3.43. The van der Waals surface area contributed by atoms with Gasteiger partial charge in [-0.3, -0.25) is 4.79 Å². The summed E-state index contributed by atoms with van der Waals surface area (Å²) in [6, 6.07) is 15.5. The highest BCUT2D eigenvalue weighted by atomic mass is 35.5. The number of hydrogen-bond acceptors (Lipinski definition) is 4. The fraction of sp³-hybridized carbons (Fsp3) is 0.0556. The van der Waals surface area contributed by atoms with Crippen LogP contribution in [0, 0.1) is 0 Å². The zero-order valence-electron chi connectivity index (χ0n) is 12.9. The van der Waals surface area contributed by atoms with E-state index in [9.17, 15) is 4.79 Å². The van der Waals surface area contributed by atoms with E-state index >= 15 is 0 Å². The summed E-state index contributed by atoms with van der Waals surface area (Å²) in [6.07, 6.45) is 0. The Kier molecular flexibility index (Phi) is 4.44. The number of nitrogens with one attached hydrogen (secondary N) is 1. The lowest BCUT2D eigenvalue weighted by atomic mass is 10.2. The SMILES string of the molecule is COc1cc(N)ccc1NC(=O)c1ccc(-c2ccc(Cl)cc2)o1. The summed E-state index contributed by atoms with van der Waals surface area (Å²) in [5, 5.41) is 3.38. The standard InChI is InChI=1S/C18H15ClN2O3/c1-23-17-10-13(20)6-7-14(17)21-18(22)16-9-8-15(24-16)11-2-4-12(19)5-3-11/h2-10H,20H2,1H3,(H,21,22). The smallest absolute Gasteiger partial charge is 0.291 e. The summed E-state index contributed by atoms with van der Waals surface area (Å²) >= 11 is 5.87. The van der Waals surface area contributed by atoms with Crippen LogP contribution in [0.25, 0.3) is 11.3 Å². The van der Waals surface area contributed by atoms with Crippen LogP contribution in [0.2, 0.25) is 5.02 Å². The second-order valence-corrected chi connectivity index (χ2v) is 5.52. The zero-order chi connectivity index (χ0) is 17.1. The van der Waals surface area contributed by atoms with Crippen LogP contribution < -0.4 is 15.8 Å². The summed E-state index contributed by atoms with van der Waals surface area (Å²) in [5.41, 5.74) is 7.60. The first-order valence-corrected chi connectivity index (χ1v) is 7.55. The third kappa shape index (κ3) is 3.36. The van der Waals surface area contributed by atoms with Gasteiger partial charge in [0.1, 0.15) is 11.5 Å². The monoisotopic (exact) mass is 342 g/mol. The van der Waals surface area contributed by atoms with Crippen molar-refractivity contribution in [1.82, 2.24) is 0 Å². The number of ether oxygens (including phenoxy) is 1. The van der Waals surface area contributed by atoms with Gasteiger partial charge in [0.05, 0.1) is 12.8 Å². The van der Waals surface area contributed by atoms with Crippen LogP contribution in [0.5, 0.6) is 5.75 Å². The quantitative estimate of drug-likeness (QED) is 0.687. The molecule has 1 amide bonds. The van der Waals surface area contributed by atoms with Gasteiger partial charge in [0.25, 0.3) is 5.91 Å². The lowest BCUT2D eigenvalue weighted by molar-refractivity contribution is 0.0997. The number of anilines is 2. The first-order valence-electron chi connectivity index (χ1n) is 7.17. The van der Waals surface area contributed by atoms with Gasteiger partial charge in [-0.05, 0) is 48.5 Å². The molecular weight excluding hydrogens is 328 g/mol. The van der Waals surface area contributed by atoms with Crippen molar-refractivity contribution in [3.63, 3.8) is 0 Å². The highest BCUT2D eigenvalue weighted by Gasteiger charge is 2.14. The average molecular weight is 343 g/mol. The molecule has 0 spiro atoms. The maximum atomic E-state index is 12.4. The minimum Gasteiger partial charge on any atom is -0.494 e. The van der Waals surface area contributed by atoms with Crippen molar-refractivity contribution in [2.45, 2.75) is 0 Å². The Labute approximate surface area is 144 Å². The number of hydrogen-bond donors (Lipinski definition) is 2. The van der Waals surface area contributed by atoms with Crippen molar-refractivity contribution >= 4 is 28.9 Å². The molecule has 3 N–H and O–H groups in total. The summed E-state index contributed by atoms with van der Waals surface area (Å²) in [6.45, 7) is 0. The number of rotatable bonds is 4. The summed E-state index contributed by atoms with van der Waals surface area (Å²) in [5.74, 6) is 0.881. The van der Waals surface area contributed by atoms with Crippen molar-refractivity contribution < 1.29 is 13.9 Å². The molecule has 6 heteroatoms. The minimum atomic E-state index is -0.377. The van der Waals surface area contributed by atoms with Gasteiger partial charge < -0.3 is 20.2 Å². The first-order chi connectivity index (χ1) is 11.6. The molecular formula is C18H15ClN2O3. The van der Waals surface area contributed by atoms with Gasteiger partial charge in [0.2, 0.25) is 0 Å². The number of halogens is 1. The van der Waals surface area contributed by atoms with Gasteiger partial charge in [-0.25, -0.2) is 0 Å². The van der Waals surface area contributed by atoms with Crippen LogP contribution in [0.15, 0.2) is 59.0 Å². The van der Waals surface area contributed by atoms with Crippen LogP contribution in [-0.4, -0.2) is 13.0 Å². The molecule has 0 saturated carbocycles. The molecule has 0 bridgehead atoms. The van der Waals surface area contributed by atoms with Gasteiger partial charge in [-0.2, -0.15) is 0 Å². The molecule has 0 aliphatic heterocycles. The molecule has 0 aliphatic carbocycles. The van der Waals surface area contributed by atoms with Gasteiger partial charge in [-0.1, -0.05) is 11.6 Å². The molecule has 2 aromatic carbocycles. The molecule has 5 nitrogen and oxygen atoms in total. The van der Waals surface area contributed by atoms with E-state index in [4.69, 9.17) is 26.5 Å². The topological polar surface area (TPSA) is 77.5 Å². The fourth-order valence-electron chi connectivity index (χ4n) is 2.22. The van der Waals surface area contributed by atoms with Crippen molar-refractivity contribution in [3.8, 4) is 17.1 Å². The van der Waals surface area contributed by atoms with E-state index in [0.717, 1.165) is 5.56 Å². The Hall–Kier alpha value is -2.92. The average Bonchev–Trinajstić information content (AvgIpc) is 3.07. The molecule has 0 saturated heterocycles. The molecule has 0 unspecified atom stereocenters. The number of carbonyl (C=O) groups excluding carboxylic acids is 1. The Morgan fingerprint density at radius 3 is 2.58 bits per heavy atom. The maximum Gasteiger partial charge on any atom is 0.291 e. The first kappa shape index (κ1) is 16.0. The van der Waals surface area contributed by atoms with Gasteiger partial charge in [0, 0.05) is 22.3 Å². The Morgan fingerprint density at radius 2 is 1.88 bits per heavy atom. The number of benzene rings is 2. The molecule has 3 aromatic rings. The van der Waals surface area contributed by atoms with E-state index < -0.39 is 0 Å². The van der Waals surface area contributed by atoms with Crippen LogP contribution in [0.1, 0.15) is 10.6 Å². The van der Waals surface area contributed by atoms with Crippen LogP contribution in [-0.2, 0) is 0 Å². The maximum absolute atomic E-state index is 12.4. The Morgan fingerprint density at radius 1 is 1.12 bits per heavy atom. The fourth-order valence-corrected chi connectivity index (χ4v) is 2.35. The molecule has 122 valence electrons. The minimum absolute atomic E-state index is 0.193. The zero-order valence-corrected chi connectivity index (χ0v) is 13.6.